The summed E-state index contributed by atoms with van der Waals surface area (Å²) in [7, 11) is 0. The van der Waals surface area contributed by atoms with E-state index in [4.69, 9.17) is 37.1 Å². The van der Waals surface area contributed by atoms with E-state index < -0.39 is 5.91 Å². The van der Waals surface area contributed by atoms with Crippen molar-refractivity contribution < 1.29 is 18.7 Å². The first-order chi connectivity index (χ1) is 13.0. The number of nitrogens with zero attached hydrogens (tertiary/aromatic N) is 1. The number of amides is 1. The molecule has 0 unspecified atom stereocenters. The number of carbonyl (C=O) groups excluding carboxylic acids is 1. The number of benzene rings is 1. The van der Waals surface area contributed by atoms with Crippen LogP contribution in [0.25, 0.3) is 0 Å². The predicted molar refractivity (Wildman–Crippen MR) is 102 cm³/mol. The summed E-state index contributed by atoms with van der Waals surface area (Å²) in [6, 6.07) is 6.04. The van der Waals surface area contributed by atoms with Crippen LogP contribution in [0.3, 0.4) is 0 Å². The van der Waals surface area contributed by atoms with Crippen LogP contribution >= 0.6 is 23.2 Å². The first-order valence-electron chi connectivity index (χ1n) is 8.30. The number of hydrogen-bond acceptors (Lipinski definition) is 6. The number of anilines is 1. The van der Waals surface area contributed by atoms with Gasteiger partial charge < -0.3 is 19.2 Å². The van der Waals surface area contributed by atoms with Gasteiger partial charge in [0.1, 0.15) is 12.0 Å². The van der Waals surface area contributed by atoms with E-state index in [0.29, 0.717) is 41.3 Å². The van der Waals surface area contributed by atoms with Crippen LogP contribution < -0.4 is 15.5 Å². The molecule has 0 radical (unpaired) electrons. The molecule has 144 valence electrons. The fourth-order valence-corrected chi connectivity index (χ4v) is 3.10. The number of hydrogen-bond donors (Lipinski definition) is 1. The molecule has 2 aromatic rings. The Hall–Kier alpha value is -2.06. The zero-order chi connectivity index (χ0) is 19.2. The lowest BCUT2D eigenvalue weighted by Crippen LogP contribution is -2.35. The van der Waals surface area contributed by atoms with Crippen molar-refractivity contribution in [2.45, 2.75) is 6.54 Å². The smallest absolute Gasteiger partial charge is 0.262 e. The van der Waals surface area contributed by atoms with Gasteiger partial charge in [-0.3, -0.25) is 14.5 Å². The molecule has 0 aliphatic carbocycles. The minimum atomic E-state index is -0.454. The van der Waals surface area contributed by atoms with Crippen LogP contribution in [0, 0.1) is 0 Å². The normalized spacial score (nSPS) is 14.7. The molecule has 0 bridgehead atoms. The molecule has 27 heavy (non-hydrogen) atoms. The molecule has 1 aliphatic heterocycles. The average Bonchev–Trinajstić information content (AvgIpc) is 2.61. The summed E-state index contributed by atoms with van der Waals surface area (Å²) in [5.74, 6) is 0.0531. The lowest BCUT2D eigenvalue weighted by molar-refractivity contribution is -0.118. The summed E-state index contributed by atoms with van der Waals surface area (Å²) in [5, 5.41) is 3.39. The van der Waals surface area contributed by atoms with Gasteiger partial charge in [0.25, 0.3) is 5.91 Å². The highest BCUT2D eigenvalue weighted by molar-refractivity contribution is 6.35. The maximum absolute atomic E-state index is 12.1. The Labute approximate surface area is 165 Å². The third-order valence-corrected chi connectivity index (χ3v) is 4.28. The maximum Gasteiger partial charge on any atom is 0.262 e. The van der Waals surface area contributed by atoms with Crippen LogP contribution in [0.15, 0.2) is 39.7 Å². The van der Waals surface area contributed by atoms with Gasteiger partial charge in [-0.1, -0.05) is 23.2 Å². The van der Waals surface area contributed by atoms with Gasteiger partial charge in [0, 0.05) is 34.9 Å². The van der Waals surface area contributed by atoms with E-state index in [1.54, 1.807) is 18.2 Å². The van der Waals surface area contributed by atoms with E-state index in [9.17, 15) is 9.59 Å². The monoisotopic (exact) mass is 412 g/mol. The van der Waals surface area contributed by atoms with Crippen LogP contribution in [0.4, 0.5) is 5.69 Å². The second kappa shape index (κ2) is 9.23. The molecular formula is C18H18Cl2N2O5. The van der Waals surface area contributed by atoms with Gasteiger partial charge in [-0.2, -0.15) is 0 Å². The van der Waals surface area contributed by atoms with Crippen LogP contribution in [0.2, 0.25) is 10.0 Å². The molecule has 7 nitrogen and oxygen atoms in total. The van der Waals surface area contributed by atoms with Crippen LogP contribution in [0.1, 0.15) is 5.76 Å². The van der Waals surface area contributed by atoms with Crippen molar-refractivity contribution in [1.82, 2.24) is 4.90 Å². The number of morpholine rings is 1. The minimum absolute atomic E-state index is 0.0278. The van der Waals surface area contributed by atoms with Crippen molar-refractivity contribution in [3.8, 4) is 5.75 Å². The molecule has 1 N–H and O–H groups in total. The molecule has 9 heteroatoms. The minimum Gasteiger partial charge on any atom is -0.477 e. The van der Waals surface area contributed by atoms with Crippen LogP contribution in [0.5, 0.6) is 5.75 Å². The third-order valence-electron chi connectivity index (χ3n) is 3.84. The quantitative estimate of drug-likeness (QED) is 0.785. The van der Waals surface area contributed by atoms with Crippen LogP contribution in [-0.4, -0.2) is 43.7 Å². The molecule has 1 amide bonds. The SMILES string of the molecule is O=C(COc1coc(CN2CCOCC2)cc1=O)Nc1cc(Cl)cc(Cl)c1. The summed E-state index contributed by atoms with van der Waals surface area (Å²) in [5.41, 5.74) is 0.0945. The van der Waals surface area contributed by atoms with E-state index in [0.717, 1.165) is 13.1 Å². The summed E-state index contributed by atoms with van der Waals surface area (Å²) < 4.78 is 16.0. The summed E-state index contributed by atoms with van der Waals surface area (Å²) in [6.07, 6.45) is 1.22. The first-order valence-corrected chi connectivity index (χ1v) is 9.06. The molecule has 0 atom stereocenters. The Balaban J connectivity index is 1.54. The van der Waals surface area contributed by atoms with Gasteiger partial charge in [0.05, 0.1) is 19.8 Å². The van der Waals surface area contributed by atoms with E-state index in [2.05, 4.69) is 10.2 Å². The Morgan fingerprint density at radius 2 is 1.85 bits per heavy atom. The topological polar surface area (TPSA) is 81.0 Å². The molecule has 1 saturated heterocycles. The van der Waals surface area contributed by atoms with E-state index in [1.807, 2.05) is 0 Å². The molecule has 0 saturated carbocycles. The van der Waals surface area contributed by atoms with Crippen molar-refractivity contribution in [3.63, 3.8) is 0 Å². The molecule has 1 fully saturated rings. The largest absolute Gasteiger partial charge is 0.477 e. The Morgan fingerprint density at radius 1 is 1.15 bits per heavy atom. The van der Waals surface area contributed by atoms with Crippen molar-refractivity contribution in [2.24, 2.45) is 0 Å². The highest BCUT2D eigenvalue weighted by Gasteiger charge is 2.14. The van der Waals surface area contributed by atoms with Gasteiger partial charge in [0.2, 0.25) is 11.2 Å². The van der Waals surface area contributed by atoms with Gasteiger partial charge in [-0.15, -0.1) is 0 Å². The fraction of sp³-hybridized carbons (Fsp3) is 0.333. The van der Waals surface area contributed by atoms with Crippen molar-refractivity contribution in [2.75, 3.05) is 38.2 Å². The number of carbonyl (C=O) groups is 1. The number of rotatable bonds is 6. The lowest BCUT2D eigenvalue weighted by Gasteiger charge is -2.25. The molecule has 1 aromatic carbocycles. The molecule has 3 rings (SSSR count). The number of nitrogens with one attached hydrogen (secondary N) is 1. The van der Waals surface area contributed by atoms with E-state index >= 15 is 0 Å². The molecule has 0 spiro atoms. The van der Waals surface area contributed by atoms with Crippen molar-refractivity contribution in [3.05, 3.63) is 56.6 Å². The van der Waals surface area contributed by atoms with Crippen LogP contribution in [-0.2, 0) is 16.1 Å². The molecule has 2 heterocycles. The van der Waals surface area contributed by atoms with E-state index in [1.165, 1.54) is 12.3 Å². The number of ether oxygens (including phenoxy) is 2. The summed E-state index contributed by atoms with van der Waals surface area (Å²) in [6.45, 7) is 3.08. The Kier molecular flexibility index (Phi) is 6.73. The van der Waals surface area contributed by atoms with Gasteiger partial charge in [-0.25, -0.2) is 0 Å². The van der Waals surface area contributed by atoms with Crippen molar-refractivity contribution in [1.29, 1.82) is 0 Å². The average molecular weight is 413 g/mol. The molecule has 1 aromatic heterocycles. The zero-order valence-corrected chi connectivity index (χ0v) is 15.9. The highest BCUT2D eigenvalue weighted by Crippen LogP contribution is 2.22. The van der Waals surface area contributed by atoms with Gasteiger partial charge >= 0.3 is 0 Å². The predicted octanol–water partition coefficient (Wildman–Crippen LogP) is 2.80. The maximum atomic E-state index is 12.1. The van der Waals surface area contributed by atoms with Gasteiger partial charge in [-0.05, 0) is 18.2 Å². The molecular weight excluding hydrogens is 395 g/mol. The number of halogens is 2. The van der Waals surface area contributed by atoms with E-state index in [-0.39, 0.29) is 17.8 Å². The second-order valence-electron chi connectivity index (χ2n) is 5.96. The summed E-state index contributed by atoms with van der Waals surface area (Å²) >= 11 is 11.8. The first kappa shape index (κ1) is 19.7. The second-order valence-corrected chi connectivity index (χ2v) is 6.83. The molecule has 1 aliphatic rings. The van der Waals surface area contributed by atoms with Gasteiger partial charge in [0.15, 0.2) is 6.61 Å². The summed E-state index contributed by atoms with van der Waals surface area (Å²) in [4.78, 5) is 26.3. The third kappa shape index (κ3) is 5.97. The Bertz CT molecular complexity index is 845. The zero-order valence-electron chi connectivity index (χ0n) is 14.4. The lowest BCUT2D eigenvalue weighted by atomic mass is 10.3. The Morgan fingerprint density at radius 3 is 2.52 bits per heavy atom. The highest BCUT2D eigenvalue weighted by atomic mass is 35.5. The van der Waals surface area contributed by atoms with Crippen molar-refractivity contribution >= 4 is 34.8 Å². The fourth-order valence-electron chi connectivity index (χ4n) is 2.57. The standard InChI is InChI=1S/C18H18Cl2N2O5/c19-12-5-13(20)7-14(6-12)21-18(24)11-27-17-10-26-15(8-16(17)23)9-22-1-3-25-4-2-22/h5-8,10H,1-4,9,11H2,(H,21,24).